The fourth-order valence-corrected chi connectivity index (χ4v) is 7.89. The van der Waals surface area contributed by atoms with E-state index < -0.39 is 0 Å². The summed E-state index contributed by atoms with van der Waals surface area (Å²) >= 11 is 0. The summed E-state index contributed by atoms with van der Waals surface area (Å²) in [5.74, 6) is 0. The molecule has 0 radical (unpaired) electrons. The summed E-state index contributed by atoms with van der Waals surface area (Å²) < 4.78 is 2.32. The first-order valence-corrected chi connectivity index (χ1v) is 18.2. The van der Waals surface area contributed by atoms with Crippen LogP contribution in [0.15, 0.2) is 187 Å². The van der Waals surface area contributed by atoms with Crippen molar-refractivity contribution in [3.8, 4) is 0 Å². The van der Waals surface area contributed by atoms with E-state index in [0.29, 0.717) is 0 Å². The Morgan fingerprint density at radius 2 is 1.43 bits per heavy atom. The maximum absolute atomic E-state index is 5.00. The second-order valence-electron chi connectivity index (χ2n) is 13.3. The second-order valence-corrected chi connectivity index (χ2v) is 13.3. The van der Waals surface area contributed by atoms with E-state index in [1.54, 1.807) is 0 Å². The Hall–Kier alpha value is -6.79. The number of benzene rings is 6. The first-order valence-electron chi connectivity index (χ1n) is 18.2. The summed E-state index contributed by atoms with van der Waals surface area (Å²) in [6.45, 7) is 7.67. The lowest BCUT2D eigenvalue weighted by Crippen LogP contribution is -2.52. The Kier molecular flexibility index (Phi) is 8.33. The zero-order valence-corrected chi connectivity index (χ0v) is 29.7. The first-order chi connectivity index (χ1) is 26.2. The molecule has 258 valence electrons. The Labute approximate surface area is 310 Å². The molecule has 1 fully saturated rings. The van der Waals surface area contributed by atoms with Crippen LogP contribution in [0.5, 0.6) is 0 Å². The number of allylic oxidation sites excluding steroid dienone is 5. The third-order valence-corrected chi connectivity index (χ3v) is 10.3. The quantitative estimate of drug-likeness (QED) is 0.161. The van der Waals surface area contributed by atoms with Crippen molar-refractivity contribution in [2.75, 3.05) is 27.8 Å². The second kappa shape index (κ2) is 13.7. The highest BCUT2D eigenvalue weighted by Gasteiger charge is 2.33. The predicted molar refractivity (Wildman–Crippen MR) is 226 cm³/mol. The van der Waals surface area contributed by atoms with Gasteiger partial charge in [-0.15, -0.1) is 0 Å². The van der Waals surface area contributed by atoms with Crippen LogP contribution in [0.3, 0.4) is 0 Å². The van der Waals surface area contributed by atoms with Gasteiger partial charge < -0.3 is 24.6 Å². The third-order valence-electron chi connectivity index (χ3n) is 10.3. The van der Waals surface area contributed by atoms with Crippen LogP contribution in [0.2, 0.25) is 0 Å². The molecule has 53 heavy (non-hydrogen) atoms. The van der Waals surface area contributed by atoms with Gasteiger partial charge in [0.2, 0.25) is 0 Å². The van der Waals surface area contributed by atoms with Gasteiger partial charge in [-0.2, -0.15) is 0 Å². The number of anilines is 5. The number of hydrogen-bond acceptors (Lipinski definition) is 5. The van der Waals surface area contributed by atoms with Gasteiger partial charge in [0.1, 0.15) is 0 Å². The maximum Gasteiger partial charge on any atom is 0.165 e. The van der Waals surface area contributed by atoms with E-state index >= 15 is 0 Å². The van der Waals surface area contributed by atoms with Gasteiger partial charge >= 0.3 is 0 Å². The molecule has 0 amide bonds. The van der Waals surface area contributed by atoms with Crippen LogP contribution < -0.4 is 20.0 Å². The molecule has 2 aliphatic heterocycles. The molecular formula is C47H40N6. The van der Waals surface area contributed by atoms with Crippen molar-refractivity contribution in [3.63, 3.8) is 0 Å². The standard InChI is InChI=1S/C47H40N6/c1-3-12-37(13-4-2)53-44-19-11-10-18-42(44)43-31-40(26-27-45(43)53)51-29-28-50(46-32-48-33-49-47(46)51)36-22-24-39(25-23-36)52(38-16-6-5-7-17-38)41-21-20-34-14-8-9-15-35(34)30-41/h3-27,30-33,47H,1,28-29H2,2H3,(H,48,49)/b13-4-,37-12+. The molecular weight excluding hydrogens is 649 g/mol. The Balaban J connectivity index is 1.04. The molecule has 1 aromatic heterocycles. The molecule has 1 saturated heterocycles. The molecule has 6 nitrogen and oxygen atoms in total. The average molecular weight is 689 g/mol. The molecule has 2 aliphatic rings. The van der Waals surface area contributed by atoms with E-state index in [1.807, 2.05) is 19.3 Å². The molecule has 1 N–H and O–H groups in total. The highest BCUT2D eigenvalue weighted by atomic mass is 15.4. The van der Waals surface area contributed by atoms with Gasteiger partial charge in [-0.25, -0.2) is 4.99 Å². The number of aromatic nitrogens is 1. The highest BCUT2D eigenvalue weighted by Crippen LogP contribution is 2.40. The minimum Gasteiger partial charge on any atom is -0.351 e. The van der Waals surface area contributed by atoms with Crippen molar-refractivity contribution < 1.29 is 0 Å². The van der Waals surface area contributed by atoms with Crippen molar-refractivity contribution in [2.24, 2.45) is 4.99 Å². The highest BCUT2D eigenvalue weighted by molar-refractivity contribution is 6.11. The molecule has 6 aromatic carbocycles. The van der Waals surface area contributed by atoms with E-state index in [2.05, 4.69) is 195 Å². The molecule has 6 heteroatoms. The van der Waals surface area contributed by atoms with Gasteiger partial charge in [-0.3, -0.25) is 0 Å². The van der Waals surface area contributed by atoms with Crippen molar-refractivity contribution in [3.05, 3.63) is 182 Å². The number of fused-ring (bicyclic) bond motifs is 5. The summed E-state index contributed by atoms with van der Waals surface area (Å²) in [5.41, 5.74) is 10.2. The summed E-state index contributed by atoms with van der Waals surface area (Å²) in [6.07, 6.45) is 11.9. The Morgan fingerprint density at radius 1 is 0.717 bits per heavy atom. The molecule has 7 aromatic rings. The maximum atomic E-state index is 5.00. The van der Waals surface area contributed by atoms with Crippen LogP contribution >= 0.6 is 0 Å². The van der Waals surface area contributed by atoms with Gasteiger partial charge in [0.05, 0.1) is 23.1 Å². The minimum atomic E-state index is -0.159. The van der Waals surface area contributed by atoms with Crippen molar-refractivity contribution in [2.45, 2.75) is 13.1 Å². The first kappa shape index (κ1) is 32.1. The third kappa shape index (κ3) is 5.75. The Morgan fingerprint density at radius 3 is 2.26 bits per heavy atom. The van der Waals surface area contributed by atoms with Crippen molar-refractivity contribution >= 4 is 73.1 Å². The number of para-hydroxylation sites is 2. The number of aliphatic imine (C=N–C) groups is 1. The van der Waals surface area contributed by atoms with E-state index in [9.17, 15) is 0 Å². The SMILES string of the molecule is C=C/C=C(\C=C/C)n1c2ccccc2c2cc(N3CCN(c4ccc(N(c5ccccc5)c5ccc6ccccc6c5)cc4)C4=CNC=NC43)ccc21. The van der Waals surface area contributed by atoms with Crippen LogP contribution in [0.25, 0.3) is 38.3 Å². The number of nitrogens with one attached hydrogen (secondary N) is 1. The summed E-state index contributed by atoms with van der Waals surface area (Å²) in [7, 11) is 0. The van der Waals surface area contributed by atoms with E-state index in [1.165, 1.54) is 27.1 Å². The van der Waals surface area contributed by atoms with E-state index in [0.717, 1.165) is 58.4 Å². The zero-order chi connectivity index (χ0) is 35.7. The molecule has 1 atom stereocenters. The Bertz CT molecular complexity index is 2590. The van der Waals surface area contributed by atoms with Gasteiger partial charge in [-0.1, -0.05) is 85.5 Å². The van der Waals surface area contributed by atoms with Crippen LogP contribution in [0.4, 0.5) is 28.4 Å². The van der Waals surface area contributed by atoms with Gasteiger partial charge in [0, 0.05) is 64.2 Å². The molecule has 0 saturated carbocycles. The van der Waals surface area contributed by atoms with E-state index in [-0.39, 0.29) is 6.17 Å². The topological polar surface area (TPSA) is 39.0 Å². The van der Waals surface area contributed by atoms with Crippen LogP contribution in [0.1, 0.15) is 6.92 Å². The fourth-order valence-electron chi connectivity index (χ4n) is 7.89. The molecule has 9 rings (SSSR count). The average Bonchev–Trinajstić information content (AvgIpc) is 3.55. The monoisotopic (exact) mass is 688 g/mol. The summed E-state index contributed by atoms with van der Waals surface area (Å²) in [4.78, 5) is 12.1. The summed E-state index contributed by atoms with van der Waals surface area (Å²) in [5, 5.41) is 8.17. The fraction of sp³-hybridized carbons (Fsp3) is 0.0851. The number of piperazine rings is 1. The van der Waals surface area contributed by atoms with Crippen molar-refractivity contribution in [1.29, 1.82) is 0 Å². The predicted octanol–water partition coefficient (Wildman–Crippen LogP) is 11.1. The molecule has 1 unspecified atom stereocenters. The molecule has 0 aliphatic carbocycles. The normalized spacial score (nSPS) is 15.9. The van der Waals surface area contributed by atoms with E-state index in [4.69, 9.17) is 4.99 Å². The molecule has 0 bridgehead atoms. The van der Waals surface area contributed by atoms with Gasteiger partial charge in [0.25, 0.3) is 0 Å². The lowest BCUT2D eigenvalue weighted by atomic mass is 10.1. The lowest BCUT2D eigenvalue weighted by molar-refractivity contribution is 0.591. The minimum absolute atomic E-state index is 0.159. The lowest BCUT2D eigenvalue weighted by Gasteiger charge is -2.44. The van der Waals surface area contributed by atoms with Gasteiger partial charge in [0.15, 0.2) is 6.17 Å². The van der Waals surface area contributed by atoms with Gasteiger partial charge in [-0.05, 0) is 103 Å². The number of hydrogen-bond donors (Lipinski definition) is 1. The molecule has 0 spiro atoms. The van der Waals surface area contributed by atoms with Crippen LogP contribution in [0, 0.1) is 0 Å². The zero-order valence-electron chi connectivity index (χ0n) is 29.7. The molecule has 3 heterocycles. The van der Waals surface area contributed by atoms with Crippen LogP contribution in [-0.2, 0) is 0 Å². The largest absolute Gasteiger partial charge is 0.351 e. The number of nitrogens with zero attached hydrogens (tertiary/aromatic N) is 5. The smallest absolute Gasteiger partial charge is 0.165 e. The van der Waals surface area contributed by atoms with Crippen LogP contribution in [-0.4, -0.2) is 30.2 Å². The van der Waals surface area contributed by atoms with Crippen molar-refractivity contribution in [1.82, 2.24) is 9.88 Å². The summed E-state index contributed by atoms with van der Waals surface area (Å²) in [6, 6.07) is 50.2. The number of rotatable bonds is 8.